The number of nitriles is 1. The van der Waals surface area contributed by atoms with Crippen LogP contribution in [0.1, 0.15) is 36.1 Å². The molecule has 0 aliphatic heterocycles. The van der Waals surface area contributed by atoms with Crippen LogP contribution in [0.25, 0.3) is 0 Å². The highest BCUT2D eigenvalue weighted by atomic mass is 32.2. The lowest BCUT2D eigenvalue weighted by Gasteiger charge is -2.16. The van der Waals surface area contributed by atoms with E-state index in [1.54, 1.807) is 13.2 Å². The van der Waals surface area contributed by atoms with E-state index in [-0.39, 0.29) is 5.91 Å². The maximum Gasteiger partial charge on any atom is 0.225 e. The molecular weight excluding hydrogens is 346 g/mol. The van der Waals surface area contributed by atoms with Gasteiger partial charge in [-0.05, 0) is 49.4 Å². The van der Waals surface area contributed by atoms with Gasteiger partial charge in [-0.25, -0.2) is 4.98 Å². The molecule has 0 unspecified atom stereocenters. The van der Waals surface area contributed by atoms with Gasteiger partial charge in [-0.3, -0.25) is 4.79 Å². The molecule has 0 atom stereocenters. The molecule has 1 aliphatic rings. The minimum absolute atomic E-state index is 0.0848. The first-order valence-electron chi connectivity index (χ1n) is 8.70. The zero-order chi connectivity index (χ0) is 18.4. The summed E-state index contributed by atoms with van der Waals surface area (Å²) in [5.41, 5.74) is 3.58. The van der Waals surface area contributed by atoms with Crippen molar-refractivity contribution >= 4 is 23.4 Å². The first kappa shape index (κ1) is 18.3. The summed E-state index contributed by atoms with van der Waals surface area (Å²) >= 11 is 1.47. The summed E-state index contributed by atoms with van der Waals surface area (Å²) in [6.07, 6.45) is 4.63. The number of anilines is 1. The van der Waals surface area contributed by atoms with E-state index in [2.05, 4.69) is 16.4 Å². The Morgan fingerprint density at radius 3 is 2.96 bits per heavy atom. The summed E-state index contributed by atoms with van der Waals surface area (Å²) in [7, 11) is 1.58. The zero-order valence-corrected chi connectivity index (χ0v) is 15.6. The molecule has 1 heterocycles. The van der Waals surface area contributed by atoms with Crippen LogP contribution >= 0.6 is 11.8 Å². The van der Waals surface area contributed by atoms with Gasteiger partial charge in [0, 0.05) is 17.9 Å². The number of rotatable bonds is 6. The average molecular weight is 367 g/mol. The van der Waals surface area contributed by atoms with Crippen LogP contribution in [-0.2, 0) is 17.6 Å². The predicted molar refractivity (Wildman–Crippen MR) is 103 cm³/mol. The van der Waals surface area contributed by atoms with Crippen LogP contribution in [0.4, 0.5) is 5.69 Å². The number of aryl methyl sites for hydroxylation is 2. The molecule has 26 heavy (non-hydrogen) atoms. The molecule has 0 spiro atoms. The van der Waals surface area contributed by atoms with Gasteiger partial charge in [0.15, 0.2) is 0 Å². The van der Waals surface area contributed by atoms with Crippen LogP contribution in [0.2, 0.25) is 0 Å². The van der Waals surface area contributed by atoms with Crippen LogP contribution in [0.5, 0.6) is 5.75 Å². The van der Waals surface area contributed by atoms with Gasteiger partial charge in [-0.15, -0.1) is 11.8 Å². The van der Waals surface area contributed by atoms with E-state index in [9.17, 15) is 10.1 Å². The number of thioether (sulfide) groups is 1. The molecule has 1 N–H and O–H groups in total. The fourth-order valence-corrected chi connectivity index (χ4v) is 3.92. The van der Waals surface area contributed by atoms with Gasteiger partial charge in [0.2, 0.25) is 5.91 Å². The maximum atomic E-state index is 12.2. The number of hydrogen-bond acceptors (Lipinski definition) is 5. The van der Waals surface area contributed by atoms with Crippen molar-refractivity contribution in [2.45, 2.75) is 37.1 Å². The highest BCUT2D eigenvalue weighted by Gasteiger charge is 2.16. The second-order valence-corrected chi connectivity index (χ2v) is 7.20. The SMILES string of the molecule is COc1ccccc1NC(=O)CCSc1nc2c(cc1C#N)CCCC2. The molecular formula is C20H21N3O2S. The van der Waals surface area contributed by atoms with E-state index in [4.69, 9.17) is 4.74 Å². The quantitative estimate of drug-likeness (QED) is 0.782. The number of hydrogen-bond donors (Lipinski definition) is 1. The Hall–Kier alpha value is -2.52. The number of ether oxygens (including phenoxy) is 1. The minimum atomic E-state index is -0.0848. The molecule has 3 rings (SSSR count). The molecule has 5 nitrogen and oxygen atoms in total. The number of pyridine rings is 1. The van der Waals surface area contributed by atoms with E-state index in [1.165, 1.54) is 17.3 Å². The van der Waals surface area contributed by atoms with Crippen molar-refractivity contribution in [2.24, 2.45) is 0 Å². The molecule has 134 valence electrons. The summed E-state index contributed by atoms with van der Waals surface area (Å²) in [4.78, 5) is 16.9. The third-order valence-electron chi connectivity index (χ3n) is 4.34. The summed E-state index contributed by atoms with van der Waals surface area (Å²) in [5.74, 6) is 1.12. The molecule has 1 aliphatic carbocycles. The molecule has 6 heteroatoms. The highest BCUT2D eigenvalue weighted by Crippen LogP contribution is 2.28. The first-order chi connectivity index (χ1) is 12.7. The van der Waals surface area contributed by atoms with Crippen molar-refractivity contribution in [3.8, 4) is 11.8 Å². The number of methoxy groups -OCH3 is 1. The standard InChI is InChI=1S/C20H21N3O2S/c1-25-18-9-5-4-8-17(18)22-19(24)10-11-26-20-15(13-21)12-14-6-2-3-7-16(14)23-20/h4-5,8-9,12H,2-3,6-7,10-11H2,1H3,(H,22,24). The number of fused-ring (bicyclic) bond motifs is 1. The van der Waals surface area contributed by atoms with Crippen molar-refractivity contribution < 1.29 is 9.53 Å². The molecule has 0 radical (unpaired) electrons. The molecule has 1 amide bonds. The van der Waals surface area contributed by atoms with Gasteiger partial charge < -0.3 is 10.1 Å². The third-order valence-corrected chi connectivity index (χ3v) is 5.33. The summed E-state index contributed by atoms with van der Waals surface area (Å²) in [5, 5.41) is 13.0. The smallest absolute Gasteiger partial charge is 0.225 e. The largest absolute Gasteiger partial charge is 0.495 e. The summed E-state index contributed by atoms with van der Waals surface area (Å²) in [6, 6.07) is 11.5. The van der Waals surface area contributed by atoms with E-state index >= 15 is 0 Å². The molecule has 0 saturated carbocycles. The second kappa shape index (κ2) is 8.72. The third kappa shape index (κ3) is 4.36. The summed E-state index contributed by atoms with van der Waals surface area (Å²) < 4.78 is 5.24. The van der Waals surface area contributed by atoms with Gasteiger partial charge in [0.25, 0.3) is 0 Å². The van der Waals surface area contributed by atoms with E-state index < -0.39 is 0 Å². The molecule has 0 fully saturated rings. The Balaban J connectivity index is 1.59. The predicted octanol–water partition coefficient (Wildman–Crippen LogP) is 3.96. The van der Waals surface area contributed by atoms with E-state index in [0.717, 1.165) is 36.4 Å². The Labute approximate surface area is 157 Å². The van der Waals surface area contributed by atoms with Crippen molar-refractivity contribution in [3.05, 3.63) is 47.2 Å². The Kier molecular flexibility index (Phi) is 6.13. The Morgan fingerprint density at radius 2 is 2.15 bits per heavy atom. The zero-order valence-electron chi connectivity index (χ0n) is 14.7. The first-order valence-corrected chi connectivity index (χ1v) is 9.68. The monoisotopic (exact) mass is 367 g/mol. The number of nitrogens with zero attached hydrogens (tertiary/aromatic N) is 2. The highest BCUT2D eigenvalue weighted by molar-refractivity contribution is 7.99. The van der Waals surface area contributed by atoms with Crippen LogP contribution in [0, 0.1) is 11.3 Å². The van der Waals surface area contributed by atoms with Crippen LogP contribution in [0.3, 0.4) is 0 Å². The molecule has 1 aromatic heterocycles. The van der Waals surface area contributed by atoms with E-state index in [1.807, 2.05) is 24.3 Å². The van der Waals surface area contributed by atoms with Crippen molar-refractivity contribution in [2.75, 3.05) is 18.2 Å². The van der Waals surface area contributed by atoms with Gasteiger partial charge in [0.1, 0.15) is 16.8 Å². The number of para-hydroxylation sites is 2. The van der Waals surface area contributed by atoms with Gasteiger partial charge in [-0.1, -0.05) is 12.1 Å². The molecule has 0 saturated heterocycles. The van der Waals surface area contributed by atoms with Gasteiger partial charge >= 0.3 is 0 Å². The summed E-state index contributed by atoms with van der Waals surface area (Å²) in [6.45, 7) is 0. The fourth-order valence-electron chi connectivity index (χ4n) is 3.01. The number of benzene rings is 1. The number of carbonyl (C=O) groups excluding carboxylic acids is 1. The van der Waals surface area contributed by atoms with Crippen LogP contribution < -0.4 is 10.1 Å². The lowest BCUT2D eigenvalue weighted by Crippen LogP contribution is -2.13. The van der Waals surface area contributed by atoms with Gasteiger partial charge in [0.05, 0.1) is 18.4 Å². The van der Waals surface area contributed by atoms with E-state index in [0.29, 0.717) is 29.2 Å². The number of aromatic nitrogens is 1. The van der Waals surface area contributed by atoms with Gasteiger partial charge in [-0.2, -0.15) is 5.26 Å². The van der Waals surface area contributed by atoms with Crippen LogP contribution in [0.15, 0.2) is 35.4 Å². The number of carbonyl (C=O) groups is 1. The lowest BCUT2D eigenvalue weighted by atomic mass is 9.95. The lowest BCUT2D eigenvalue weighted by molar-refractivity contribution is -0.115. The Morgan fingerprint density at radius 1 is 1.35 bits per heavy atom. The molecule has 1 aromatic carbocycles. The fraction of sp³-hybridized carbons (Fsp3) is 0.350. The van der Waals surface area contributed by atoms with Crippen molar-refractivity contribution in [3.63, 3.8) is 0 Å². The minimum Gasteiger partial charge on any atom is -0.495 e. The number of amides is 1. The van der Waals surface area contributed by atoms with Crippen molar-refractivity contribution in [1.29, 1.82) is 5.26 Å². The average Bonchev–Trinajstić information content (AvgIpc) is 2.67. The second-order valence-electron chi connectivity index (χ2n) is 6.11. The van der Waals surface area contributed by atoms with Crippen LogP contribution in [-0.4, -0.2) is 23.8 Å². The Bertz CT molecular complexity index is 845. The molecule has 2 aromatic rings. The molecule has 0 bridgehead atoms. The number of nitrogens with one attached hydrogen (secondary N) is 1. The van der Waals surface area contributed by atoms with Crippen molar-refractivity contribution in [1.82, 2.24) is 4.98 Å². The topological polar surface area (TPSA) is 75.0 Å². The maximum absolute atomic E-state index is 12.2. The normalized spacial score (nSPS) is 12.8.